The summed E-state index contributed by atoms with van der Waals surface area (Å²) >= 11 is 0. The van der Waals surface area contributed by atoms with Gasteiger partial charge in [0.2, 0.25) is 0 Å². The van der Waals surface area contributed by atoms with Crippen molar-refractivity contribution in [2.24, 2.45) is 0 Å². The predicted octanol–water partition coefficient (Wildman–Crippen LogP) is 0.691. The highest BCUT2D eigenvalue weighted by atomic mass is 16.3. The number of likely N-dealkylation sites (tertiary alicyclic amines) is 1. The molecule has 3 nitrogen and oxygen atoms in total. The molecule has 1 aliphatic heterocycles. The smallest absolute Gasteiger partial charge is 0.0679 e. The molecule has 0 saturated carbocycles. The van der Waals surface area contributed by atoms with E-state index in [1.165, 1.54) is 5.56 Å². The van der Waals surface area contributed by atoms with Crippen LogP contribution in [0.4, 0.5) is 0 Å². The molecule has 76 valence electrons. The maximum absolute atomic E-state index is 9.34. The second-order valence-corrected chi connectivity index (χ2v) is 3.85. The predicted molar refractivity (Wildman–Crippen MR) is 55.0 cm³/mol. The van der Waals surface area contributed by atoms with Gasteiger partial charge in [-0.2, -0.15) is 0 Å². The first-order valence-electron chi connectivity index (χ1n) is 5.14. The molecule has 1 saturated heterocycles. The number of β-amino-alcohol motifs (C(OH)–C–C–N with tert-alkyl or cyclic N) is 1. The Bertz CT molecular complexity index is 276. The largest absolute Gasteiger partial charge is 0.392 e. The molecule has 0 aromatic carbocycles. The highest BCUT2D eigenvalue weighted by molar-refractivity contribution is 5.08. The highest BCUT2D eigenvalue weighted by Gasteiger charge is 2.19. The third-order valence-electron chi connectivity index (χ3n) is 2.69. The minimum absolute atomic E-state index is 0.108. The molecule has 1 fully saturated rings. The second kappa shape index (κ2) is 4.53. The van der Waals surface area contributed by atoms with E-state index in [1.54, 1.807) is 6.20 Å². The normalized spacial score (nSPS) is 22.8. The van der Waals surface area contributed by atoms with Gasteiger partial charge in [-0.1, -0.05) is 6.07 Å². The Morgan fingerprint density at radius 2 is 2.50 bits per heavy atom. The lowest BCUT2D eigenvalue weighted by Gasteiger charge is -2.14. The van der Waals surface area contributed by atoms with E-state index in [9.17, 15) is 5.11 Å². The molecule has 1 atom stereocenters. The quantitative estimate of drug-likeness (QED) is 0.765. The number of aliphatic hydroxyl groups is 1. The van der Waals surface area contributed by atoms with Gasteiger partial charge in [0, 0.05) is 32.0 Å². The summed E-state index contributed by atoms with van der Waals surface area (Å²) in [7, 11) is 0. The number of aromatic nitrogens is 1. The lowest BCUT2D eigenvalue weighted by molar-refractivity contribution is 0.177. The van der Waals surface area contributed by atoms with Crippen LogP contribution in [-0.2, 0) is 6.42 Å². The Labute approximate surface area is 84.4 Å². The zero-order chi connectivity index (χ0) is 9.80. The van der Waals surface area contributed by atoms with Crippen molar-refractivity contribution in [1.29, 1.82) is 0 Å². The van der Waals surface area contributed by atoms with Crippen molar-refractivity contribution < 1.29 is 5.11 Å². The molecule has 1 aromatic heterocycles. The summed E-state index contributed by atoms with van der Waals surface area (Å²) in [6, 6.07) is 4.06. The summed E-state index contributed by atoms with van der Waals surface area (Å²) < 4.78 is 0. The van der Waals surface area contributed by atoms with Gasteiger partial charge in [0.05, 0.1) is 6.10 Å². The van der Waals surface area contributed by atoms with Crippen molar-refractivity contribution >= 4 is 0 Å². The van der Waals surface area contributed by atoms with E-state index in [-0.39, 0.29) is 6.10 Å². The first kappa shape index (κ1) is 9.62. The van der Waals surface area contributed by atoms with Gasteiger partial charge >= 0.3 is 0 Å². The summed E-state index contributed by atoms with van der Waals surface area (Å²) in [5.74, 6) is 0. The zero-order valence-corrected chi connectivity index (χ0v) is 8.26. The monoisotopic (exact) mass is 192 g/mol. The number of hydrogen-bond donors (Lipinski definition) is 1. The number of pyridine rings is 1. The first-order chi connectivity index (χ1) is 6.84. The van der Waals surface area contributed by atoms with Gasteiger partial charge in [-0.15, -0.1) is 0 Å². The molecule has 1 N–H and O–H groups in total. The summed E-state index contributed by atoms with van der Waals surface area (Å²) in [5, 5.41) is 9.34. The van der Waals surface area contributed by atoms with Crippen LogP contribution in [0.2, 0.25) is 0 Å². The second-order valence-electron chi connectivity index (χ2n) is 3.85. The molecule has 3 heteroatoms. The van der Waals surface area contributed by atoms with Gasteiger partial charge in [-0.05, 0) is 24.5 Å². The van der Waals surface area contributed by atoms with Crippen LogP contribution in [-0.4, -0.2) is 40.7 Å². The average Bonchev–Trinajstić information content (AvgIpc) is 2.63. The topological polar surface area (TPSA) is 36.4 Å². The van der Waals surface area contributed by atoms with Gasteiger partial charge in [-0.3, -0.25) is 4.98 Å². The number of hydrogen-bond acceptors (Lipinski definition) is 3. The molecule has 0 bridgehead atoms. The summed E-state index contributed by atoms with van der Waals surface area (Å²) in [4.78, 5) is 6.38. The molecular weight excluding hydrogens is 176 g/mol. The molecule has 14 heavy (non-hydrogen) atoms. The van der Waals surface area contributed by atoms with Crippen molar-refractivity contribution in [3.8, 4) is 0 Å². The molecule has 0 amide bonds. The minimum atomic E-state index is -0.108. The molecule has 0 aliphatic carbocycles. The van der Waals surface area contributed by atoms with Crippen LogP contribution in [0.5, 0.6) is 0 Å². The van der Waals surface area contributed by atoms with Crippen LogP contribution < -0.4 is 0 Å². The number of aliphatic hydroxyl groups excluding tert-OH is 1. The Morgan fingerprint density at radius 1 is 1.57 bits per heavy atom. The lowest BCUT2D eigenvalue weighted by Crippen LogP contribution is -2.24. The van der Waals surface area contributed by atoms with Crippen molar-refractivity contribution in [2.75, 3.05) is 19.6 Å². The van der Waals surface area contributed by atoms with E-state index < -0.39 is 0 Å². The van der Waals surface area contributed by atoms with Crippen LogP contribution >= 0.6 is 0 Å². The average molecular weight is 192 g/mol. The summed E-state index contributed by atoms with van der Waals surface area (Å²) in [5.41, 5.74) is 1.27. The van der Waals surface area contributed by atoms with Crippen molar-refractivity contribution in [2.45, 2.75) is 18.9 Å². The fourth-order valence-electron chi connectivity index (χ4n) is 1.85. The first-order valence-corrected chi connectivity index (χ1v) is 5.14. The van der Waals surface area contributed by atoms with E-state index >= 15 is 0 Å². The zero-order valence-electron chi connectivity index (χ0n) is 8.26. The molecule has 2 heterocycles. The summed E-state index contributed by atoms with van der Waals surface area (Å²) in [6.07, 6.45) is 5.55. The van der Waals surface area contributed by atoms with E-state index in [2.05, 4.69) is 16.0 Å². The van der Waals surface area contributed by atoms with Gasteiger partial charge in [-0.25, -0.2) is 0 Å². The standard InChI is InChI=1S/C11H16N2O/c14-11-4-7-13(9-11)6-3-10-2-1-5-12-8-10/h1-2,5,8,11,14H,3-4,6-7,9H2. The van der Waals surface area contributed by atoms with E-state index in [0.29, 0.717) is 0 Å². The molecule has 0 spiro atoms. The Hall–Kier alpha value is -0.930. The summed E-state index contributed by atoms with van der Waals surface area (Å²) in [6.45, 7) is 2.89. The van der Waals surface area contributed by atoms with Crippen LogP contribution in [0.25, 0.3) is 0 Å². The molecule has 2 rings (SSSR count). The maximum Gasteiger partial charge on any atom is 0.0679 e. The molecule has 1 aliphatic rings. The maximum atomic E-state index is 9.34. The lowest BCUT2D eigenvalue weighted by atomic mass is 10.2. The van der Waals surface area contributed by atoms with Crippen molar-refractivity contribution in [3.63, 3.8) is 0 Å². The van der Waals surface area contributed by atoms with Gasteiger partial charge < -0.3 is 10.0 Å². The van der Waals surface area contributed by atoms with Gasteiger partial charge in [0.1, 0.15) is 0 Å². The SMILES string of the molecule is OC1CCN(CCc2cccnc2)C1. The van der Waals surface area contributed by atoms with E-state index in [0.717, 1.165) is 32.5 Å². The Morgan fingerprint density at radius 3 is 3.14 bits per heavy atom. The van der Waals surface area contributed by atoms with Gasteiger partial charge in [0.15, 0.2) is 0 Å². The van der Waals surface area contributed by atoms with Crippen LogP contribution in [0, 0.1) is 0 Å². The Kier molecular flexibility index (Phi) is 3.11. The fourth-order valence-corrected chi connectivity index (χ4v) is 1.85. The van der Waals surface area contributed by atoms with E-state index in [1.807, 2.05) is 12.3 Å². The van der Waals surface area contributed by atoms with Gasteiger partial charge in [0.25, 0.3) is 0 Å². The molecule has 0 radical (unpaired) electrons. The fraction of sp³-hybridized carbons (Fsp3) is 0.545. The van der Waals surface area contributed by atoms with Crippen LogP contribution in [0.1, 0.15) is 12.0 Å². The molecule has 1 unspecified atom stereocenters. The third kappa shape index (κ3) is 2.53. The van der Waals surface area contributed by atoms with Crippen LogP contribution in [0.3, 0.4) is 0 Å². The van der Waals surface area contributed by atoms with Crippen molar-refractivity contribution in [1.82, 2.24) is 9.88 Å². The van der Waals surface area contributed by atoms with E-state index in [4.69, 9.17) is 0 Å². The third-order valence-corrected chi connectivity index (χ3v) is 2.69. The van der Waals surface area contributed by atoms with Crippen molar-refractivity contribution in [3.05, 3.63) is 30.1 Å². The number of nitrogens with zero attached hydrogens (tertiary/aromatic N) is 2. The minimum Gasteiger partial charge on any atom is -0.392 e. The Balaban J connectivity index is 1.78. The molecular formula is C11H16N2O. The molecule has 1 aromatic rings. The number of rotatable bonds is 3. The highest BCUT2D eigenvalue weighted by Crippen LogP contribution is 2.09. The van der Waals surface area contributed by atoms with Crippen LogP contribution in [0.15, 0.2) is 24.5 Å².